The highest BCUT2D eigenvalue weighted by Gasteiger charge is 2.09. The lowest BCUT2D eigenvalue weighted by Crippen LogP contribution is -2.19. The molecule has 0 amide bonds. The number of nitrogens with zero attached hydrogens (tertiary/aromatic N) is 1. The summed E-state index contributed by atoms with van der Waals surface area (Å²) in [5.41, 5.74) is 3.06. The number of rotatable bonds is 1. The van der Waals surface area contributed by atoms with Gasteiger partial charge in [0.05, 0.1) is 5.52 Å². The first-order valence-electron chi connectivity index (χ1n) is 5.34. The Morgan fingerprint density at radius 3 is 2.69 bits per heavy atom. The van der Waals surface area contributed by atoms with Crippen LogP contribution in [0.3, 0.4) is 0 Å². The Balaban J connectivity index is 2.98. The van der Waals surface area contributed by atoms with Crippen LogP contribution in [0.1, 0.15) is 18.1 Å². The highest BCUT2D eigenvalue weighted by atomic mass is 79.9. The molecule has 0 aliphatic rings. The van der Waals surface area contributed by atoms with E-state index in [0.717, 1.165) is 27.4 Å². The maximum absolute atomic E-state index is 11.9. The maximum atomic E-state index is 11.9. The Morgan fingerprint density at radius 2 is 2.06 bits per heavy atom. The molecule has 2 aromatic rings. The second kappa shape index (κ2) is 4.06. The van der Waals surface area contributed by atoms with Crippen LogP contribution in [-0.4, -0.2) is 4.57 Å². The van der Waals surface area contributed by atoms with Gasteiger partial charge < -0.3 is 4.57 Å². The summed E-state index contributed by atoms with van der Waals surface area (Å²) in [7, 11) is 1.82. The summed E-state index contributed by atoms with van der Waals surface area (Å²) in [4.78, 5) is 11.9. The van der Waals surface area contributed by atoms with Crippen LogP contribution in [0, 0.1) is 6.92 Å². The highest BCUT2D eigenvalue weighted by Crippen LogP contribution is 2.27. The van der Waals surface area contributed by atoms with E-state index in [1.54, 1.807) is 4.57 Å². The van der Waals surface area contributed by atoms with Gasteiger partial charge in [0.25, 0.3) is 5.56 Å². The van der Waals surface area contributed by atoms with Gasteiger partial charge in [-0.1, -0.05) is 19.1 Å². The number of fused-ring (bicyclic) bond motifs is 1. The van der Waals surface area contributed by atoms with E-state index < -0.39 is 0 Å². The van der Waals surface area contributed by atoms with Crippen molar-refractivity contribution in [2.75, 3.05) is 0 Å². The minimum atomic E-state index is 0.0708. The van der Waals surface area contributed by atoms with Crippen LogP contribution < -0.4 is 5.56 Å². The smallest absolute Gasteiger partial charge is 0.253 e. The van der Waals surface area contributed by atoms with E-state index in [9.17, 15) is 4.79 Å². The quantitative estimate of drug-likeness (QED) is 0.786. The molecule has 0 unspecified atom stereocenters. The molecule has 0 radical (unpaired) electrons. The van der Waals surface area contributed by atoms with Gasteiger partial charge in [0.15, 0.2) is 0 Å². The lowest BCUT2D eigenvalue weighted by molar-refractivity contribution is 0.889. The Kier molecular flexibility index (Phi) is 2.89. The number of pyridine rings is 1. The van der Waals surface area contributed by atoms with Gasteiger partial charge in [0, 0.05) is 17.1 Å². The Morgan fingerprint density at radius 1 is 1.38 bits per heavy atom. The second-order valence-electron chi connectivity index (χ2n) is 4.02. The molecule has 0 saturated heterocycles. The average Bonchev–Trinajstić information content (AvgIpc) is 2.26. The van der Waals surface area contributed by atoms with Crippen LogP contribution in [-0.2, 0) is 13.5 Å². The molecule has 2 rings (SSSR count). The fourth-order valence-electron chi connectivity index (χ4n) is 2.01. The Labute approximate surface area is 103 Å². The van der Waals surface area contributed by atoms with E-state index in [2.05, 4.69) is 35.0 Å². The molecule has 1 aromatic carbocycles. The van der Waals surface area contributed by atoms with Crippen molar-refractivity contribution in [2.45, 2.75) is 20.3 Å². The summed E-state index contributed by atoms with van der Waals surface area (Å²) in [6, 6.07) is 6.13. The summed E-state index contributed by atoms with van der Waals surface area (Å²) in [5.74, 6) is 0. The van der Waals surface area contributed by atoms with Crippen LogP contribution in [0.5, 0.6) is 0 Å². The molecule has 0 aliphatic carbocycles. The fraction of sp³-hybridized carbons (Fsp3) is 0.308. The second-order valence-corrected chi connectivity index (χ2v) is 4.81. The van der Waals surface area contributed by atoms with Crippen molar-refractivity contribution in [3.63, 3.8) is 0 Å². The maximum Gasteiger partial charge on any atom is 0.253 e. The molecule has 0 aliphatic heterocycles. The third kappa shape index (κ3) is 1.59. The van der Waals surface area contributed by atoms with E-state index in [4.69, 9.17) is 0 Å². The van der Waals surface area contributed by atoms with Crippen molar-refractivity contribution >= 4 is 26.8 Å². The normalized spacial score (nSPS) is 11.0. The van der Waals surface area contributed by atoms with Gasteiger partial charge in [0.2, 0.25) is 0 Å². The largest absolute Gasteiger partial charge is 0.310 e. The minimum absolute atomic E-state index is 0.0708. The van der Waals surface area contributed by atoms with Gasteiger partial charge >= 0.3 is 0 Å². The van der Waals surface area contributed by atoms with Crippen LogP contribution in [0.25, 0.3) is 10.9 Å². The van der Waals surface area contributed by atoms with Gasteiger partial charge in [-0.05, 0) is 46.3 Å². The van der Waals surface area contributed by atoms with Crippen molar-refractivity contribution < 1.29 is 0 Å². The number of aryl methyl sites for hydroxylation is 3. The number of halogens is 1. The van der Waals surface area contributed by atoms with E-state index in [1.165, 1.54) is 5.56 Å². The van der Waals surface area contributed by atoms with Gasteiger partial charge in [-0.15, -0.1) is 0 Å². The summed E-state index contributed by atoms with van der Waals surface area (Å²) >= 11 is 3.59. The lowest BCUT2D eigenvalue weighted by Gasteiger charge is -2.11. The molecule has 0 spiro atoms. The van der Waals surface area contributed by atoms with Crippen molar-refractivity contribution in [1.82, 2.24) is 4.57 Å². The Bertz CT molecular complexity index is 613. The predicted molar refractivity (Wildman–Crippen MR) is 71.0 cm³/mol. The molecule has 16 heavy (non-hydrogen) atoms. The summed E-state index contributed by atoms with van der Waals surface area (Å²) in [6.07, 6.45) is 0.957. The van der Waals surface area contributed by atoms with Gasteiger partial charge in [-0.25, -0.2) is 0 Å². The van der Waals surface area contributed by atoms with Crippen molar-refractivity contribution in [1.29, 1.82) is 0 Å². The van der Waals surface area contributed by atoms with E-state index in [1.807, 2.05) is 20.0 Å². The standard InChI is InChI=1S/C13H14BrNO/c1-4-9-5-6-10-7-8(2)13(16)15(3)12(10)11(9)14/h5-7H,4H2,1-3H3. The average molecular weight is 280 g/mol. The van der Waals surface area contributed by atoms with Crippen LogP contribution in [0.2, 0.25) is 0 Å². The minimum Gasteiger partial charge on any atom is -0.310 e. The summed E-state index contributed by atoms with van der Waals surface area (Å²) in [5, 5.41) is 1.10. The zero-order valence-corrected chi connectivity index (χ0v) is 11.3. The third-order valence-corrected chi connectivity index (χ3v) is 3.84. The summed E-state index contributed by atoms with van der Waals surface area (Å²) < 4.78 is 2.75. The monoisotopic (exact) mass is 279 g/mol. The first-order chi connectivity index (χ1) is 7.56. The summed E-state index contributed by atoms with van der Waals surface area (Å²) in [6.45, 7) is 3.96. The molecule has 2 nitrogen and oxygen atoms in total. The molecular weight excluding hydrogens is 266 g/mol. The molecule has 0 saturated carbocycles. The molecule has 0 fully saturated rings. The molecular formula is C13H14BrNO. The molecule has 3 heteroatoms. The Hall–Kier alpha value is -1.09. The number of hydrogen-bond donors (Lipinski definition) is 0. The van der Waals surface area contributed by atoms with Gasteiger partial charge in [-0.3, -0.25) is 4.79 Å². The SMILES string of the molecule is CCc1ccc2cc(C)c(=O)n(C)c2c1Br. The predicted octanol–water partition coefficient (Wildman–Crippen LogP) is 3.17. The number of benzene rings is 1. The van der Waals surface area contributed by atoms with E-state index in [0.29, 0.717) is 0 Å². The molecule has 0 atom stereocenters. The number of aromatic nitrogens is 1. The van der Waals surface area contributed by atoms with Crippen molar-refractivity contribution in [3.05, 3.63) is 44.2 Å². The number of hydrogen-bond acceptors (Lipinski definition) is 1. The first kappa shape index (κ1) is 11.4. The van der Waals surface area contributed by atoms with Crippen molar-refractivity contribution in [3.8, 4) is 0 Å². The molecule has 1 aromatic heterocycles. The highest BCUT2D eigenvalue weighted by molar-refractivity contribution is 9.10. The third-order valence-electron chi connectivity index (χ3n) is 2.96. The van der Waals surface area contributed by atoms with Crippen molar-refractivity contribution in [2.24, 2.45) is 7.05 Å². The first-order valence-corrected chi connectivity index (χ1v) is 6.13. The molecule has 84 valence electrons. The van der Waals surface area contributed by atoms with Crippen LogP contribution >= 0.6 is 15.9 Å². The zero-order chi connectivity index (χ0) is 11.9. The zero-order valence-electron chi connectivity index (χ0n) is 9.67. The topological polar surface area (TPSA) is 22.0 Å². The van der Waals surface area contributed by atoms with Crippen LogP contribution in [0.4, 0.5) is 0 Å². The fourth-order valence-corrected chi connectivity index (χ4v) is 2.92. The van der Waals surface area contributed by atoms with Gasteiger partial charge in [-0.2, -0.15) is 0 Å². The van der Waals surface area contributed by atoms with Crippen LogP contribution in [0.15, 0.2) is 27.5 Å². The molecule has 0 bridgehead atoms. The van der Waals surface area contributed by atoms with E-state index >= 15 is 0 Å². The van der Waals surface area contributed by atoms with Gasteiger partial charge in [0.1, 0.15) is 0 Å². The molecule has 0 N–H and O–H groups in total. The molecule has 1 heterocycles. The lowest BCUT2D eigenvalue weighted by atomic mass is 10.1. The van der Waals surface area contributed by atoms with E-state index in [-0.39, 0.29) is 5.56 Å².